The molecule has 2 N–H and O–H groups in total. The van der Waals surface area contributed by atoms with Crippen LogP contribution in [0.5, 0.6) is 5.75 Å². The molecular formula is C30H36FN7O3. The van der Waals surface area contributed by atoms with Crippen LogP contribution in [0.3, 0.4) is 0 Å². The molecule has 0 bridgehead atoms. The maximum Gasteiger partial charge on any atom is 0.266 e. The van der Waals surface area contributed by atoms with Crippen LogP contribution in [0, 0.1) is 0 Å². The molecule has 1 unspecified atom stereocenters. The number of ether oxygens (including phenoxy) is 1. The van der Waals surface area contributed by atoms with E-state index in [4.69, 9.17) is 9.72 Å². The number of methoxy groups -OCH3 is 1. The van der Waals surface area contributed by atoms with Gasteiger partial charge in [0.25, 0.3) is 11.8 Å². The predicted octanol–water partition coefficient (Wildman–Crippen LogP) is 4.29. The van der Waals surface area contributed by atoms with Gasteiger partial charge in [0.2, 0.25) is 11.6 Å². The van der Waals surface area contributed by atoms with Gasteiger partial charge in [-0.1, -0.05) is 25.1 Å². The molecule has 1 saturated heterocycles. The number of alkyl halides is 1. The van der Waals surface area contributed by atoms with Crippen LogP contribution < -0.4 is 25.2 Å². The molecule has 2 aromatic carbocycles. The first-order chi connectivity index (χ1) is 19.7. The van der Waals surface area contributed by atoms with Gasteiger partial charge in [-0.15, -0.1) is 0 Å². The molecule has 2 aliphatic rings. The lowest BCUT2D eigenvalue weighted by atomic mass is 10.0. The van der Waals surface area contributed by atoms with Crippen LogP contribution in [-0.2, 0) is 4.79 Å². The molecule has 1 aromatic heterocycles. The van der Waals surface area contributed by atoms with Crippen LogP contribution in [-0.4, -0.2) is 79.2 Å². The van der Waals surface area contributed by atoms with Crippen molar-refractivity contribution in [2.45, 2.75) is 37.9 Å². The van der Waals surface area contributed by atoms with Gasteiger partial charge in [0.05, 0.1) is 25.5 Å². The third kappa shape index (κ3) is 5.81. The summed E-state index contributed by atoms with van der Waals surface area (Å²) in [5.41, 5.74) is 0.0377. The van der Waals surface area contributed by atoms with Crippen molar-refractivity contribution in [2.24, 2.45) is 0 Å². The van der Waals surface area contributed by atoms with E-state index in [0.29, 0.717) is 34.2 Å². The van der Waals surface area contributed by atoms with Crippen LogP contribution in [0.25, 0.3) is 0 Å². The Bertz CT molecular complexity index is 1410. The van der Waals surface area contributed by atoms with Crippen molar-refractivity contribution >= 4 is 40.6 Å². The fourth-order valence-corrected chi connectivity index (χ4v) is 5.23. The minimum absolute atomic E-state index is 0.0148. The minimum atomic E-state index is -2.11. The molecule has 41 heavy (non-hydrogen) atoms. The van der Waals surface area contributed by atoms with E-state index in [1.165, 1.54) is 25.3 Å². The summed E-state index contributed by atoms with van der Waals surface area (Å²) in [6.45, 7) is 3.38. The van der Waals surface area contributed by atoms with E-state index in [-0.39, 0.29) is 30.9 Å². The van der Waals surface area contributed by atoms with Crippen molar-refractivity contribution in [3.8, 4) is 5.75 Å². The fourth-order valence-electron chi connectivity index (χ4n) is 5.23. The predicted molar refractivity (Wildman–Crippen MR) is 157 cm³/mol. The molecule has 10 nitrogen and oxygen atoms in total. The van der Waals surface area contributed by atoms with Crippen molar-refractivity contribution in [2.75, 3.05) is 56.0 Å². The molecular weight excluding hydrogens is 525 g/mol. The normalized spacial score (nSPS) is 19.9. The van der Waals surface area contributed by atoms with E-state index >= 15 is 4.39 Å². The minimum Gasteiger partial charge on any atom is -0.495 e. The number of hydrogen-bond donors (Lipinski definition) is 2. The number of carbonyl (C=O) groups is 2. The van der Waals surface area contributed by atoms with Crippen molar-refractivity contribution in [1.29, 1.82) is 0 Å². The Morgan fingerprint density at radius 2 is 1.88 bits per heavy atom. The summed E-state index contributed by atoms with van der Waals surface area (Å²) >= 11 is 0. The highest BCUT2D eigenvalue weighted by atomic mass is 19.1. The zero-order chi connectivity index (χ0) is 29.1. The van der Waals surface area contributed by atoms with E-state index in [1.54, 1.807) is 30.0 Å². The number of aromatic nitrogens is 2. The maximum atomic E-state index is 16.0. The zero-order valence-electron chi connectivity index (χ0n) is 23.9. The number of carbonyl (C=O) groups excluding carboxylic acids is 2. The Kier molecular flexibility index (Phi) is 8.07. The van der Waals surface area contributed by atoms with E-state index in [0.717, 1.165) is 25.9 Å². The number of amides is 2. The first kappa shape index (κ1) is 28.3. The molecule has 0 radical (unpaired) electrons. The van der Waals surface area contributed by atoms with Crippen LogP contribution >= 0.6 is 0 Å². The van der Waals surface area contributed by atoms with Crippen molar-refractivity contribution in [3.05, 3.63) is 60.3 Å². The molecule has 3 aromatic rings. The molecule has 0 spiro atoms. The third-order valence-electron chi connectivity index (χ3n) is 7.86. The van der Waals surface area contributed by atoms with Gasteiger partial charge in [0.1, 0.15) is 11.4 Å². The number of piperidine rings is 1. The molecule has 2 aliphatic heterocycles. The monoisotopic (exact) mass is 561 g/mol. The smallest absolute Gasteiger partial charge is 0.266 e. The number of halogens is 1. The Labute approximate surface area is 239 Å². The van der Waals surface area contributed by atoms with Gasteiger partial charge in [-0.05, 0) is 69.7 Å². The van der Waals surface area contributed by atoms with Gasteiger partial charge in [-0.25, -0.2) is 9.37 Å². The lowest BCUT2D eigenvalue weighted by molar-refractivity contribution is -0.129. The zero-order valence-corrected chi connectivity index (χ0v) is 23.9. The van der Waals surface area contributed by atoms with Gasteiger partial charge in [0, 0.05) is 24.3 Å². The molecule has 3 heterocycles. The summed E-state index contributed by atoms with van der Waals surface area (Å²) in [4.78, 5) is 40.5. The van der Waals surface area contributed by atoms with Crippen molar-refractivity contribution < 1.29 is 18.7 Å². The number of benzene rings is 2. The highest BCUT2D eigenvalue weighted by Crippen LogP contribution is 2.40. The lowest BCUT2D eigenvalue weighted by Crippen LogP contribution is -2.48. The highest BCUT2D eigenvalue weighted by molar-refractivity contribution is 6.03. The van der Waals surface area contributed by atoms with Gasteiger partial charge in [-0.2, -0.15) is 4.98 Å². The van der Waals surface area contributed by atoms with Gasteiger partial charge in [0.15, 0.2) is 5.82 Å². The summed E-state index contributed by atoms with van der Waals surface area (Å²) in [6, 6.07) is 14.6. The SMILES string of the molecule is CCC1(F)CN(c2ccccc2)c2nc(Nc3ccc(C(=O)NC4CCN(C)CC4)cc3OC)ncc2N(C)C1=O. The summed E-state index contributed by atoms with van der Waals surface area (Å²) in [5.74, 6) is 0.281. The van der Waals surface area contributed by atoms with E-state index in [1.807, 2.05) is 30.3 Å². The molecule has 1 atom stereocenters. The van der Waals surface area contributed by atoms with Gasteiger partial charge in [-0.3, -0.25) is 9.59 Å². The van der Waals surface area contributed by atoms with Crippen molar-refractivity contribution in [1.82, 2.24) is 20.2 Å². The average Bonchev–Trinajstić information content (AvgIpc) is 3.08. The number of likely N-dealkylation sites (tertiary alicyclic amines) is 1. The van der Waals surface area contributed by atoms with E-state index in [9.17, 15) is 9.59 Å². The second-order valence-electron chi connectivity index (χ2n) is 10.6. The molecule has 11 heteroatoms. The Morgan fingerprint density at radius 3 is 2.56 bits per heavy atom. The number of nitrogens with zero attached hydrogens (tertiary/aromatic N) is 5. The summed E-state index contributed by atoms with van der Waals surface area (Å²) in [5, 5.41) is 6.29. The summed E-state index contributed by atoms with van der Waals surface area (Å²) < 4.78 is 21.6. The summed E-state index contributed by atoms with van der Waals surface area (Å²) in [6.07, 6.45) is 3.35. The first-order valence-corrected chi connectivity index (χ1v) is 13.8. The maximum absolute atomic E-state index is 16.0. The molecule has 216 valence electrons. The molecule has 5 rings (SSSR count). The van der Waals surface area contributed by atoms with Gasteiger partial charge < -0.3 is 30.1 Å². The van der Waals surface area contributed by atoms with Crippen LogP contribution in [0.15, 0.2) is 54.7 Å². The van der Waals surface area contributed by atoms with Crippen LogP contribution in [0.4, 0.5) is 33.2 Å². The number of nitrogens with one attached hydrogen (secondary N) is 2. The largest absolute Gasteiger partial charge is 0.495 e. The van der Waals surface area contributed by atoms with E-state index < -0.39 is 11.6 Å². The topological polar surface area (TPSA) is 103 Å². The van der Waals surface area contributed by atoms with Crippen molar-refractivity contribution in [3.63, 3.8) is 0 Å². The Hall–Kier alpha value is -4.25. The van der Waals surface area contributed by atoms with Crippen LogP contribution in [0.2, 0.25) is 0 Å². The Morgan fingerprint density at radius 1 is 1.15 bits per heavy atom. The van der Waals surface area contributed by atoms with Gasteiger partial charge >= 0.3 is 0 Å². The van der Waals surface area contributed by atoms with E-state index in [2.05, 4.69) is 27.6 Å². The number of rotatable bonds is 7. The lowest BCUT2D eigenvalue weighted by Gasteiger charge is -2.29. The summed E-state index contributed by atoms with van der Waals surface area (Å²) in [7, 11) is 5.15. The third-order valence-corrected chi connectivity index (χ3v) is 7.86. The molecule has 2 amide bonds. The fraction of sp³-hybridized carbons (Fsp3) is 0.400. The van der Waals surface area contributed by atoms with Crippen LogP contribution in [0.1, 0.15) is 36.5 Å². The number of para-hydroxylation sites is 1. The molecule has 0 aliphatic carbocycles. The quantitative estimate of drug-likeness (QED) is 0.441. The Balaban J connectivity index is 1.43. The highest BCUT2D eigenvalue weighted by Gasteiger charge is 2.45. The number of anilines is 5. The number of hydrogen-bond acceptors (Lipinski definition) is 8. The second kappa shape index (κ2) is 11.7. The first-order valence-electron chi connectivity index (χ1n) is 13.8. The second-order valence-corrected chi connectivity index (χ2v) is 10.6. The standard InChI is InChI=1S/C30H36FN7O3/c1-5-30(31)19-38(22-9-7-6-8-10-22)26-24(37(3)28(30)40)18-32-29(35-26)34-23-12-11-20(17-25(23)41-4)27(39)33-21-13-15-36(2)16-14-21/h6-12,17-18,21H,5,13-16,19H2,1-4H3,(H,33,39)(H,32,34,35). The average molecular weight is 562 g/mol. The number of fused-ring (bicyclic) bond motifs is 1. The molecule has 0 saturated carbocycles. The molecule has 1 fully saturated rings.